The minimum absolute atomic E-state index is 0. The van der Waals surface area contributed by atoms with E-state index >= 15 is 0 Å². The molecule has 3 heterocycles. The Labute approximate surface area is 155 Å². The third-order valence-electron chi connectivity index (χ3n) is 3.53. The molecule has 3 aromatic rings. The van der Waals surface area contributed by atoms with Gasteiger partial charge in [-0.2, -0.15) is 0 Å². The fraction of sp³-hybridized carbons (Fsp3) is 0.250. The Bertz CT molecular complexity index is 793. The van der Waals surface area contributed by atoms with E-state index in [1.165, 1.54) is 0 Å². The van der Waals surface area contributed by atoms with Crippen LogP contribution in [0.25, 0.3) is 22.4 Å². The number of benzene rings is 1. The van der Waals surface area contributed by atoms with E-state index < -0.39 is 0 Å². The van der Waals surface area contributed by atoms with Gasteiger partial charge in [0.25, 0.3) is 0 Å². The zero-order chi connectivity index (χ0) is 14.8. The molecule has 7 heteroatoms. The Balaban J connectivity index is 0.00000156. The Morgan fingerprint density at radius 2 is 2.22 bits per heavy atom. The molecular formula is C16H17IN4OS. The first-order chi connectivity index (χ1) is 10.9. The van der Waals surface area contributed by atoms with Crippen LogP contribution in [-0.2, 0) is 6.54 Å². The Morgan fingerprint density at radius 3 is 3.04 bits per heavy atom. The van der Waals surface area contributed by atoms with Crippen LogP contribution in [-0.4, -0.2) is 24.0 Å². The highest BCUT2D eigenvalue weighted by molar-refractivity contribution is 14.0. The van der Waals surface area contributed by atoms with Crippen LogP contribution in [0.4, 0.5) is 0 Å². The highest BCUT2D eigenvalue weighted by Gasteiger charge is 2.11. The summed E-state index contributed by atoms with van der Waals surface area (Å²) in [7, 11) is 0. The quantitative estimate of drug-likeness (QED) is 0.611. The van der Waals surface area contributed by atoms with E-state index in [0.717, 1.165) is 52.9 Å². The predicted octanol–water partition coefficient (Wildman–Crippen LogP) is 3.61. The van der Waals surface area contributed by atoms with Crippen molar-refractivity contribution in [3.8, 4) is 11.5 Å². The van der Waals surface area contributed by atoms with Gasteiger partial charge in [-0.15, -0.1) is 35.3 Å². The van der Waals surface area contributed by atoms with Crippen LogP contribution in [0.15, 0.2) is 45.1 Å². The highest BCUT2D eigenvalue weighted by Crippen LogP contribution is 2.28. The van der Waals surface area contributed by atoms with Crippen LogP contribution in [0.5, 0.6) is 0 Å². The number of thiazole rings is 1. The molecule has 5 nitrogen and oxygen atoms in total. The summed E-state index contributed by atoms with van der Waals surface area (Å²) in [6, 6.07) is 10.0. The van der Waals surface area contributed by atoms with Crippen molar-refractivity contribution in [2.24, 2.45) is 4.99 Å². The van der Waals surface area contributed by atoms with Gasteiger partial charge in [0, 0.05) is 23.9 Å². The molecule has 23 heavy (non-hydrogen) atoms. The number of aliphatic imine (C=N–C) groups is 1. The van der Waals surface area contributed by atoms with Gasteiger partial charge in [0.05, 0.1) is 6.54 Å². The molecule has 1 aromatic carbocycles. The topological polar surface area (TPSA) is 62.5 Å². The molecule has 0 spiro atoms. The number of halogens is 1. The maximum absolute atomic E-state index is 5.85. The summed E-state index contributed by atoms with van der Waals surface area (Å²) in [4.78, 5) is 9.03. The lowest BCUT2D eigenvalue weighted by Crippen LogP contribution is -2.40. The van der Waals surface area contributed by atoms with Gasteiger partial charge in [0.2, 0.25) is 0 Å². The largest absolute Gasteiger partial charge is 0.454 e. The highest BCUT2D eigenvalue weighted by atomic mass is 127. The normalized spacial score (nSPS) is 14.0. The first-order valence-electron chi connectivity index (χ1n) is 7.34. The fourth-order valence-corrected chi connectivity index (χ4v) is 3.15. The average molecular weight is 440 g/mol. The second kappa shape index (κ2) is 7.31. The smallest absolute Gasteiger partial charge is 0.191 e. The monoisotopic (exact) mass is 440 g/mol. The van der Waals surface area contributed by atoms with Crippen molar-refractivity contribution < 1.29 is 4.42 Å². The van der Waals surface area contributed by atoms with Gasteiger partial charge in [-0.25, -0.2) is 4.98 Å². The van der Waals surface area contributed by atoms with Gasteiger partial charge in [0.15, 0.2) is 11.7 Å². The number of furan rings is 1. The van der Waals surface area contributed by atoms with Crippen LogP contribution in [0.2, 0.25) is 0 Å². The Hall–Kier alpha value is -1.61. The zero-order valence-corrected chi connectivity index (χ0v) is 15.6. The molecular weight excluding hydrogens is 423 g/mol. The summed E-state index contributed by atoms with van der Waals surface area (Å²) >= 11 is 1.63. The zero-order valence-electron chi connectivity index (χ0n) is 12.4. The Morgan fingerprint density at radius 1 is 1.30 bits per heavy atom. The number of nitrogens with zero attached hydrogens (tertiary/aromatic N) is 2. The number of hydrogen-bond donors (Lipinski definition) is 2. The van der Waals surface area contributed by atoms with E-state index in [9.17, 15) is 0 Å². The lowest BCUT2D eigenvalue weighted by Gasteiger charge is -2.14. The molecule has 0 fully saturated rings. The summed E-state index contributed by atoms with van der Waals surface area (Å²) in [6.45, 7) is 2.54. The van der Waals surface area contributed by atoms with Crippen LogP contribution < -0.4 is 10.6 Å². The second-order valence-corrected chi connectivity index (χ2v) is 6.08. The predicted molar refractivity (Wildman–Crippen MR) is 104 cm³/mol. The van der Waals surface area contributed by atoms with Crippen molar-refractivity contribution in [1.82, 2.24) is 15.6 Å². The first-order valence-corrected chi connectivity index (χ1v) is 8.22. The van der Waals surface area contributed by atoms with Crippen molar-refractivity contribution in [3.63, 3.8) is 0 Å². The summed E-state index contributed by atoms with van der Waals surface area (Å²) in [5.74, 6) is 1.68. The number of para-hydroxylation sites is 1. The number of fused-ring (bicyclic) bond motifs is 1. The summed E-state index contributed by atoms with van der Waals surface area (Å²) < 4.78 is 5.85. The first kappa shape index (κ1) is 16.3. The van der Waals surface area contributed by atoms with E-state index in [4.69, 9.17) is 4.42 Å². The standard InChI is InChI=1S/C16H16N4OS.HI/c1-2-5-13-11(4-1)8-14(21-13)12-10-22-15(20-12)9-19-16-17-6-3-7-18-16;/h1-2,4-5,8,10H,3,6-7,9H2,(H2,17,18,19);1H. The van der Waals surface area contributed by atoms with E-state index in [2.05, 4.69) is 20.6 Å². The molecule has 0 aliphatic carbocycles. The van der Waals surface area contributed by atoms with Gasteiger partial charge in [-0.3, -0.25) is 4.99 Å². The van der Waals surface area contributed by atoms with E-state index in [0.29, 0.717) is 6.54 Å². The minimum atomic E-state index is 0. The van der Waals surface area contributed by atoms with Crippen molar-refractivity contribution in [1.29, 1.82) is 0 Å². The summed E-state index contributed by atoms with van der Waals surface area (Å²) in [5.41, 5.74) is 1.78. The molecule has 2 aromatic heterocycles. The molecule has 0 radical (unpaired) electrons. The Kier molecular flexibility index (Phi) is 5.16. The molecule has 0 unspecified atom stereocenters. The number of nitrogens with one attached hydrogen (secondary N) is 2. The summed E-state index contributed by atoms with van der Waals surface area (Å²) in [5, 5.41) is 10.7. The van der Waals surface area contributed by atoms with Crippen LogP contribution >= 0.6 is 35.3 Å². The van der Waals surface area contributed by atoms with Gasteiger partial charge in [-0.05, 0) is 18.6 Å². The van der Waals surface area contributed by atoms with E-state index in [1.54, 1.807) is 11.3 Å². The van der Waals surface area contributed by atoms with Crippen molar-refractivity contribution in [2.45, 2.75) is 13.0 Å². The number of rotatable bonds is 3. The molecule has 0 saturated carbocycles. The number of hydrogen-bond acceptors (Lipinski definition) is 6. The summed E-state index contributed by atoms with van der Waals surface area (Å²) in [6.07, 6.45) is 1.10. The fourth-order valence-electron chi connectivity index (χ4n) is 2.42. The third kappa shape index (κ3) is 3.66. The third-order valence-corrected chi connectivity index (χ3v) is 4.38. The van der Waals surface area contributed by atoms with E-state index in [-0.39, 0.29) is 24.0 Å². The van der Waals surface area contributed by atoms with Crippen molar-refractivity contribution in [2.75, 3.05) is 13.1 Å². The molecule has 1 aliphatic rings. The van der Waals surface area contributed by atoms with Crippen LogP contribution in [0.1, 0.15) is 11.4 Å². The van der Waals surface area contributed by atoms with Gasteiger partial charge in [-0.1, -0.05) is 18.2 Å². The SMILES string of the molecule is I.c1ccc2oc(-c3csc(CNC4=NCCCN4)n3)cc2c1. The molecule has 120 valence electrons. The molecule has 1 aliphatic heterocycles. The van der Waals surface area contributed by atoms with Crippen molar-refractivity contribution in [3.05, 3.63) is 40.7 Å². The minimum Gasteiger partial charge on any atom is -0.454 e. The molecule has 0 bridgehead atoms. The van der Waals surface area contributed by atoms with Crippen LogP contribution in [0, 0.1) is 0 Å². The van der Waals surface area contributed by atoms with Gasteiger partial charge >= 0.3 is 0 Å². The lowest BCUT2D eigenvalue weighted by atomic mass is 10.2. The van der Waals surface area contributed by atoms with Gasteiger partial charge in [0.1, 0.15) is 16.3 Å². The maximum atomic E-state index is 5.85. The molecule has 4 rings (SSSR count). The van der Waals surface area contributed by atoms with Gasteiger partial charge < -0.3 is 15.1 Å². The molecule has 0 saturated heterocycles. The number of aromatic nitrogens is 1. The lowest BCUT2D eigenvalue weighted by molar-refractivity contribution is 0.629. The van der Waals surface area contributed by atoms with E-state index in [1.807, 2.05) is 35.7 Å². The maximum Gasteiger partial charge on any atom is 0.191 e. The molecule has 0 atom stereocenters. The number of guanidine groups is 1. The molecule has 0 amide bonds. The van der Waals surface area contributed by atoms with Crippen LogP contribution in [0.3, 0.4) is 0 Å². The average Bonchev–Trinajstić information content (AvgIpc) is 3.20. The second-order valence-electron chi connectivity index (χ2n) is 5.14. The molecule has 2 N–H and O–H groups in total. The van der Waals surface area contributed by atoms with Crippen molar-refractivity contribution >= 4 is 52.2 Å².